The molecule has 4 heterocycles. The third kappa shape index (κ3) is 2.86. The van der Waals surface area contributed by atoms with E-state index in [4.69, 9.17) is 19.2 Å². The Labute approximate surface area is 176 Å². The first-order valence-corrected chi connectivity index (χ1v) is 10.5. The van der Waals surface area contributed by atoms with Crippen molar-refractivity contribution in [1.29, 1.82) is 0 Å². The van der Waals surface area contributed by atoms with Crippen LogP contribution in [0.4, 0.5) is 0 Å². The third-order valence-electron chi connectivity index (χ3n) is 6.71. The number of para-hydroxylation sites is 1. The molecule has 3 aliphatic heterocycles. The van der Waals surface area contributed by atoms with Crippen molar-refractivity contribution >= 4 is 0 Å². The molecule has 2 aromatic carbocycles. The molecule has 0 bridgehead atoms. The standard InChI is InChI=1S/C24H25N3O3/c1-28-20-5-3-2-4-18(20)19-12-25-23-11-24(15-27(19)23)8-9-26(14-24)13-17-6-7-21-22(10-17)30-16-29-21/h2-7,10,12H,8-9,11,13-16H2,1H3. The molecule has 6 rings (SSSR count). The molecule has 1 spiro atoms. The van der Waals surface area contributed by atoms with Crippen molar-refractivity contribution < 1.29 is 14.2 Å². The third-order valence-corrected chi connectivity index (χ3v) is 6.71. The second-order valence-corrected chi connectivity index (χ2v) is 8.67. The van der Waals surface area contributed by atoms with E-state index in [1.807, 2.05) is 24.4 Å². The summed E-state index contributed by atoms with van der Waals surface area (Å²) < 4.78 is 19.0. The van der Waals surface area contributed by atoms with E-state index in [-0.39, 0.29) is 5.41 Å². The molecule has 1 aromatic heterocycles. The Balaban J connectivity index is 1.20. The molecule has 1 fully saturated rings. The van der Waals surface area contributed by atoms with Crippen LogP contribution in [0.15, 0.2) is 48.7 Å². The molecular weight excluding hydrogens is 378 g/mol. The number of nitrogens with zero attached hydrogens (tertiary/aromatic N) is 3. The lowest BCUT2D eigenvalue weighted by atomic mass is 9.86. The van der Waals surface area contributed by atoms with Gasteiger partial charge in [-0.3, -0.25) is 4.90 Å². The minimum Gasteiger partial charge on any atom is -0.496 e. The molecule has 0 N–H and O–H groups in total. The monoisotopic (exact) mass is 403 g/mol. The van der Waals surface area contributed by atoms with E-state index in [2.05, 4.69) is 33.7 Å². The summed E-state index contributed by atoms with van der Waals surface area (Å²) in [5.41, 5.74) is 3.83. The number of likely N-dealkylation sites (tertiary alicyclic amines) is 1. The normalized spacial score (nSPS) is 22.0. The van der Waals surface area contributed by atoms with E-state index in [1.165, 1.54) is 17.8 Å². The molecule has 3 aromatic rings. The van der Waals surface area contributed by atoms with Gasteiger partial charge in [0.05, 0.1) is 19.0 Å². The highest BCUT2D eigenvalue weighted by Gasteiger charge is 2.44. The Morgan fingerprint density at radius 3 is 2.93 bits per heavy atom. The summed E-state index contributed by atoms with van der Waals surface area (Å²) in [5.74, 6) is 3.81. The maximum Gasteiger partial charge on any atom is 0.231 e. The molecule has 0 saturated carbocycles. The number of fused-ring (bicyclic) bond motifs is 2. The molecule has 3 aliphatic rings. The number of hydrogen-bond donors (Lipinski definition) is 0. The number of benzene rings is 2. The first kappa shape index (κ1) is 17.8. The van der Waals surface area contributed by atoms with Gasteiger partial charge in [0, 0.05) is 37.0 Å². The molecular formula is C24H25N3O3. The molecule has 0 aliphatic carbocycles. The Bertz CT molecular complexity index is 1110. The summed E-state index contributed by atoms with van der Waals surface area (Å²) in [6.07, 6.45) is 4.24. The van der Waals surface area contributed by atoms with Gasteiger partial charge in [0.15, 0.2) is 11.5 Å². The molecule has 1 unspecified atom stereocenters. The molecule has 6 nitrogen and oxygen atoms in total. The van der Waals surface area contributed by atoms with E-state index in [1.54, 1.807) is 7.11 Å². The molecule has 1 atom stereocenters. The number of aromatic nitrogens is 2. The van der Waals surface area contributed by atoms with E-state index in [0.29, 0.717) is 6.79 Å². The fourth-order valence-electron chi connectivity index (χ4n) is 5.26. The van der Waals surface area contributed by atoms with E-state index in [9.17, 15) is 0 Å². The summed E-state index contributed by atoms with van der Waals surface area (Å²) in [7, 11) is 1.73. The lowest BCUT2D eigenvalue weighted by Crippen LogP contribution is -2.28. The summed E-state index contributed by atoms with van der Waals surface area (Å²) in [6.45, 7) is 4.50. The largest absolute Gasteiger partial charge is 0.496 e. The van der Waals surface area contributed by atoms with Gasteiger partial charge in [-0.05, 0) is 42.8 Å². The topological polar surface area (TPSA) is 48.8 Å². The van der Waals surface area contributed by atoms with E-state index < -0.39 is 0 Å². The molecule has 30 heavy (non-hydrogen) atoms. The zero-order chi connectivity index (χ0) is 20.1. The van der Waals surface area contributed by atoms with E-state index >= 15 is 0 Å². The van der Waals surface area contributed by atoms with Crippen LogP contribution in [0.2, 0.25) is 0 Å². The smallest absolute Gasteiger partial charge is 0.231 e. The fraction of sp³-hybridized carbons (Fsp3) is 0.375. The lowest BCUT2D eigenvalue weighted by molar-refractivity contribution is 0.174. The average molecular weight is 403 g/mol. The summed E-state index contributed by atoms with van der Waals surface area (Å²) in [4.78, 5) is 7.34. The van der Waals surface area contributed by atoms with Crippen molar-refractivity contribution in [3.05, 3.63) is 60.0 Å². The molecule has 0 amide bonds. The molecule has 0 radical (unpaired) electrons. The Hall–Kier alpha value is -2.99. The van der Waals surface area contributed by atoms with Gasteiger partial charge in [-0.1, -0.05) is 18.2 Å². The molecule has 1 saturated heterocycles. The van der Waals surface area contributed by atoms with Crippen LogP contribution in [0, 0.1) is 5.41 Å². The lowest BCUT2D eigenvalue weighted by Gasteiger charge is -2.24. The minimum atomic E-state index is 0.275. The Morgan fingerprint density at radius 1 is 1.10 bits per heavy atom. The van der Waals surface area contributed by atoms with Crippen molar-refractivity contribution in [1.82, 2.24) is 14.5 Å². The average Bonchev–Trinajstić information content (AvgIpc) is 3.53. The Morgan fingerprint density at radius 2 is 2.00 bits per heavy atom. The van der Waals surface area contributed by atoms with Gasteiger partial charge >= 0.3 is 0 Å². The summed E-state index contributed by atoms with van der Waals surface area (Å²) in [6, 6.07) is 14.5. The summed E-state index contributed by atoms with van der Waals surface area (Å²) in [5, 5.41) is 0. The van der Waals surface area contributed by atoms with Crippen molar-refractivity contribution in [2.24, 2.45) is 5.41 Å². The predicted molar refractivity (Wildman–Crippen MR) is 113 cm³/mol. The van der Waals surface area contributed by atoms with Crippen LogP contribution >= 0.6 is 0 Å². The van der Waals surface area contributed by atoms with Gasteiger partial charge in [-0.2, -0.15) is 0 Å². The Kier molecular flexibility index (Phi) is 4.03. The zero-order valence-corrected chi connectivity index (χ0v) is 17.1. The van der Waals surface area contributed by atoms with Crippen LogP contribution in [0.1, 0.15) is 17.8 Å². The quantitative estimate of drug-likeness (QED) is 0.664. The van der Waals surface area contributed by atoms with Gasteiger partial charge in [0.1, 0.15) is 11.6 Å². The SMILES string of the molecule is COc1ccccc1-c1cnc2n1CC1(CCN(Cc3ccc4c(c3)OCO4)C1)C2. The first-order valence-electron chi connectivity index (χ1n) is 10.5. The van der Waals surface area contributed by atoms with Crippen molar-refractivity contribution in [2.45, 2.75) is 25.9 Å². The molecule has 6 heteroatoms. The van der Waals surface area contributed by atoms with Crippen LogP contribution in [-0.4, -0.2) is 41.4 Å². The molecule has 154 valence electrons. The van der Waals surface area contributed by atoms with Crippen molar-refractivity contribution in [3.8, 4) is 28.5 Å². The number of hydrogen-bond acceptors (Lipinski definition) is 5. The van der Waals surface area contributed by atoms with Gasteiger partial charge in [0.2, 0.25) is 6.79 Å². The van der Waals surface area contributed by atoms with Crippen LogP contribution in [-0.2, 0) is 19.5 Å². The minimum absolute atomic E-state index is 0.275. The second kappa shape index (κ2) is 6.77. The van der Waals surface area contributed by atoms with Gasteiger partial charge in [-0.25, -0.2) is 4.98 Å². The number of imidazole rings is 1. The highest BCUT2D eigenvalue weighted by molar-refractivity contribution is 5.67. The van der Waals surface area contributed by atoms with Gasteiger partial charge in [0.25, 0.3) is 0 Å². The van der Waals surface area contributed by atoms with Gasteiger partial charge < -0.3 is 18.8 Å². The number of methoxy groups -OCH3 is 1. The highest BCUT2D eigenvalue weighted by atomic mass is 16.7. The van der Waals surface area contributed by atoms with Crippen molar-refractivity contribution in [2.75, 3.05) is 27.0 Å². The zero-order valence-electron chi connectivity index (χ0n) is 17.1. The maximum absolute atomic E-state index is 5.59. The first-order chi connectivity index (χ1) is 14.7. The maximum atomic E-state index is 5.59. The van der Waals surface area contributed by atoms with E-state index in [0.717, 1.165) is 61.1 Å². The van der Waals surface area contributed by atoms with Crippen LogP contribution in [0.5, 0.6) is 17.2 Å². The second-order valence-electron chi connectivity index (χ2n) is 8.67. The fourth-order valence-corrected chi connectivity index (χ4v) is 5.26. The van der Waals surface area contributed by atoms with Gasteiger partial charge in [-0.15, -0.1) is 0 Å². The summed E-state index contributed by atoms with van der Waals surface area (Å²) >= 11 is 0. The number of rotatable bonds is 4. The van der Waals surface area contributed by atoms with Crippen LogP contribution in [0.3, 0.4) is 0 Å². The van der Waals surface area contributed by atoms with Crippen LogP contribution in [0.25, 0.3) is 11.3 Å². The highest BCUT2D eigenvalue weighted by Crippen LogP contribution is 2.44. The predicted octanol–water partition coefficient (Wildman–Crippen LogP) is 3.74. The van der Waals surface area contributed by atoms with Crippen molar-refractivity contribution in [3.63, 3.8) is 0 Å². The number of ether oxygens (including phenoxy) is 3. The van der Waals surface area contributed by atoms with Crippen LogP contribution < -0.4 is 14.2 Å².